The molecule has 0 unspecified atom stereocenters. The van der Waals surface area contributed by atoms with Gasteiger partial charge in [-0.2, -0.15) is 0 Å². The molecule has 62 heavy (non-hydrogen) atoms. The Hall–Kier alpha value is -5.58. The second-order valence-corrected chi connectivity index (χ2v) is 17.5. The number of fused-ring (bicyclic) bond motifs is 8. The number of benzene rings is 7. The van der Waals surface area contributed by atoms with E-state index in [1.54, 1.807) is 0 Å². The quantitative estimate of drug-likeness (QED) is 0.0639. The van der Waals surface area contributed by atoms with Crippen molar-refractivity contribution >= 4 is 65.4 Å². The Morgan fingerprint density at radius 3 is 1.37 bits per heavy atom. The van der Waals surface area contributed by atoms with Gasteiger partial charge in [-0.1, -0.05) is 139 Å². The van der Waals surface area contributed by atoms with E-state index in [1.165, 1.54) is 121 Å². The molecule has 0 N–H and O–H groups in total. The second-order valence-electron chi connectivity index (χ2n) is 17.5. The highest BCUT2D eigenvalue weighted by molar-refractivity contribution is 6.18. The summed E-state index contributed by atoms with van der Waals surface area (Å²) in [5, 5.41) is 9.07. The van der Waals surface area contributed by atoms with E-state index >= 15 is 0 Å². The van der Waals surface area contributed by atoms with Gasteiger partial charge < -0.3 is 18.3 Å². The minimum atomic E-state index is 0.782. The van der Waals surface area contributed by atoms with E-state index in [0.717, 1.165) is 94.1 Å². The molecule has 0 amide bonds. The minimum absolute atomic E-state index is 0.782. The van der Waals surface area contributed by atoms with Crippen molar-refractivity contribution in [2.45, 2.75) is 110 Å². The van der Waals surface area contributed by atoms with Gasteiger partial charge in [0.05, 0.1) is 6.61 Å². The number of furan rings is 2. The van der Waals surface area contributed by atoms with Crippen LogP contribution in [-0.2, 0) is 11.2 Å². The number of aryl methyl sites for hydroxylation is 1. The predicted octanol–water partition coefficient (Wildman–Crippen LogP) is 17.6. The Bertz CT molecular complexity index is 2680. The lowest BCUT2D eigenvalue weighted by molar-refractivity contribution is 0.126. The number of hydrogen-bond acceptors (Lipinski definition) is 4. The van der Waals surface area contributed by atoms with E-state index < -0.39 is 0 Å². The summed E-state index contributed by atoms with van der Waals surface area (Å²) in [7, 11) is 0. The molecule has 0 atom stereocenters. The molecule has 4 nitrogen and oxygen atoms in total. The highest BCUT2D eigenvalue weighted by Gasteiger charge is 2.16. The van der Waals surface area contributed by atoms with Crippen LogP contribution >= 0.6 is 0 Å². The lowest BCUT2D eigenvalue weighted by Crippen LogP contribution is -1.97. The minimum Gasteiger partial charge on any atom is -0.494 e. The molecule has 7 aromatic carbocycles. The molecule has 0 saturated carbocycles. The van der Waals surface area contributed by atoms with E-state index in [4.69, 9.17) is 18.3 Å². The summed E-state index contributed by atoms with van der Waals surface area (Å²) in [6.45, 7) is 7.09. The van der Waals surface area contributed by atoms with Crippen molar-refractivity contribution in [2.75, 3.05) is 19.8 Å². The van der Waals surface area contributed by atoms with Crippen molar-refractivity contribution in [1.82, 2.24) is 0 Å². The molecule has 0 saturated heterocycles. The summed E-state index contributed by atoms with van der Waals surface area (Å²) in [4.78, 5) is 0. The summed E-state index contributed by atoms with van der Waals surface area (Å²) in [6, 6.07) is 44.3. The molecule has 0 aliphatic carbocycles. The molecule has 0 aliphatic rings. The molecule has 0 fully saturated rings. The molecule has 2 aromatic heterocycles. The first-order chi connectivity index (χ1) is 30.6. The third-order valence-corrected chi connectivity index (χ3v) is 12.9. The van der Waals surface area contributed by atoms with Crippen molar-refractivity contribution in [2.24, 2.45) is 0 Å². The normalized spacial score (nSPS) is 12.0. The molecule has 2 heterocycles. The zero-order valence-corrected chi connectivity index (χ0v) is 36.9. The van der Waals surface area contributed by atoms with Crippen LogP contribution in [0.1, 0.15) is 109 Å². The van der Waals surface area contributed by atoms with Crippen LogP contribution in [0.25, 0.3) is 87.7 Å². The molecule has 9 rings (SSSR count). The Morgan fingerprint density at radius 2 is 0.790 bits per heavy atom. The first-order valence-corrected chi connectivity index (χ1v) is 23.7. The Balaban J connectivity index is 0.862. The highest BCUT2D eigenvalue weighted by Crippen LogP contribution is 2.40. The van der Waals surface area contributed by atoms with E-state index in [2.05, 4.69) is 135 Å². The van der Waals surface area contributed by atoms with Gasteiger partial charge in [0, 0.05) is 34.8 Å². The van der Waals surface area contributed by atoms with Gasteiger partial charge in [-0.15, -0.1) is 0 Å². The average molecular weight is 823 g/mol. The van der Waals surface area contributed by atoms with Crippen LogP contribution in [0.2, 0.25) is 0 Å². The van der Waals surface area contributed by atoms with Gasteiger partial charge in [-0.3, -0.25) is 0 Å². The van der Waals surface area contributed by atoms with Crippen LogP contribution in [0.15, 0.2) is 130 Å². The van der Waals surface area contributed by atoms with Crippen molar-refractivity contribution in [3.63, 3.8) is 0 Å². The molecule has 0 radical (unpaired) electrons. The maximum atomic E-state index is 6.59. The van der Waals surface area contributed by atoms with Crippen molar-refractivity contribution in [1.29, 1.82) is 0 Å². The van der Waals surface area contributed by atoms with Crippen LogP contribution in [0.4, 0.5) is 0 Å². The topological polar surface area (TPSA) is 44.7 Å². The number of unbranched alkanes of at least 4 members (excludes halogenated alkanes) is 11. The molecule has 318 valence electrons. The Morgan fingerprint density at radius 1 is 0.355 bits per heavy atom. The lowest BCUT2D eigenvalue weighted by atomic mass is 9.98. The molecular weight excluding hydrogens is 761 g/mol. The van der Waals surface area contributed by atoms with Crippen LogP contribution in [0.3, 0.4) is 0 Å². The molecule has 0 bridgehead atoms. The summed E-state index contributed by atoms with van der Waals surface area (Å²) < 4.78 is 25.0. The van der Waals surface area contributed by atoms with Gasteiger partial charge >= 0.3 is 0 Å². The first-order valence-electron chi connectivity index (χ1n) is 23.7. The fraction of sp³-hybridized carbons (Fsp3) is 0.345. The zero-order chi connectivity index (χ0) is 42.1. The molecule has 0 aliphatic heterocycles. The maximum absolute atomic E-state index is 6.59. The maximum Gasteiger partial charge on any atom is 0.136 e. The van der Waals surface area contributed by atoms with E-state index in [9.17, 15) is 0 Å². The average Bonchev–Trinajstić information content (AvgIpc) is 3.83. The fourth-order valence-corrected chi connectivity index (χ4v) is 9.19. The molecular formula is C58H62O4. The van der Waals surface area contributed by atoms with Crippen molar-refractivity contribution in [3.05, 3.63) is 127 Å². The Kier molecular flexibility index (Phi) is 13.5. The van der Waals surface area contributed by atoms with Crippen LogP contribution in [0.5, 0.6) is 5.75 Å². The standard InChI is InChI=1S/C58H62O4/c1-3-5-7-8-9-10-11-16-32-60-50-28-26-43(27-29-50)45-23-25-47-36-52-54-40-57-53(39-58(54)62-56(52)38-49(47)34-45)51-35-46-24-22-44(33-48(46)37-55(51)61-57)42-20-18-41(19-21-42)17-13-12-15-31-59-30-14-6-4-2/h18-29,33-40H,3-17,30-32H2,1-2H3. The number of ether oxygens (including phenoxy) is 2. The summed E-state index contributed by atoms with van der Waals surface area (Å²) >= 11 is 0. The van der Waals surface area contributed by atoms with E-state index in [1.807, 2.05) is 0 Å². The van der Waals surface area contributed by atoms with Gasteiger partial charge in [-0.25, -0.2) is 0 Å². The SMILES string of the molecule is CCCCCCCCCCOc1ccc(-c2ccc3cc4c(cc3c2)oc2cc3c(cc24)oc2cc4cc(-c5ccc(CCCCCOCCCCC)cc5)ccc4cc23)cc1. The predicted molar refractivity (Wildman–Crippen MR) is 263 cm³/mol. The van der Waals surface area contributed by atoms with Gasteiger partial charge in [0.2, 0.25) is 0 Å². The van der Waals surface area contributed by atoms with Crippen LogP contribution in [0, 0.1) is 0 Å². The summed E-state index contributed by atoms with van der Waals surface area (Å²) in [6.07, 6.45) is 18.8. The lowest BCUT2D eigenvalue weighted by Gasteiger charge is -2.08. The van der Waals surface area contributed by atoms with Gasteiger partial charge in [0.1, 0.15) is 28.1 Å². The second kappa shape index (κ2) is 20.1. The number of hydrogen-bond donors (Lipinski definition) is 0. The third-order valence-electron chi connectivity index (χ3n) is 12.9. The van der Waals surface area contributed by atoms with Crippen LogP contribution < -0.4 is 4.74 Å². The van der Waals surface area contributed by atoms with Gasteiger partial charge in [-0.05, 0) is 142 Å². The first kappa shape index (κ1) is 41.8. The summed E-state index contributed by atoms with van der Waals surface area (Å²) in [5.41, 5.74) is 9.74. The van der Waals surface area contributed by atoms with Gasteiger partial charge in [0.25, 0.3) is 0 Å². The molecule has 0 spiro atoms. The highest BCUT2D eigenvalue weighted by atomic mass is 16.5. The largest absolute Gasteiger partial charge is 0.494 e. The smallest absolute Gasteiger partial charge is 0.136 e. The van der Waals surface area contributed by atoms with E-state index in [-0.39, 0.29) is 0 Å². The van der Waals surface area contributed by atoms with Crippen molar-refractivity contribution < 1.29 is 18.3 Å². The monoisotopic (exact) mass is 822 g/mol. The fourth-order valence-electron chi connectivity index (χ4n) is 9.19. The Labute approximate surface area is 367 Å². The molecule has 9 aromatic rings. The van der Waals surface area contributed by atoms with Crippen molar-refractivity contribution in [3.8, 4) is 28.0 Å². The van der Waals surface area contributed by atoms with E-state index in [0.29, 0.717) is 0 Å². The van der Waals surface area contributed by atoms with Crippen LogP contribution in [-0.4, -0.2) is 19.8 Å². The molecule has 4 heteroatoms. The number of rotatable bonds is 22. The summed E-state index contributed by atoms with van der Waals surface area (Å²) in [5.74, 6) is 0.940. The van der Waals surface area contributed by atoms with Gasteiger partial charge in [0.15, 0.2) is 0 Å². The zero-order valence-electron chi connectivity index (χ0n) is 36.9. The third kappa shape index (κ3) is 9.72.